The fourth-order valence-corrected chi connectivity index (χ4v) is 1.28. The molecule has 0 spiro atoms. The summed E-state index contributed by atoms with van der Waals surface area (Å²) >= 11 is 0. The fourth-order valence-electron chi connectivity index (χ4n) is 1.28. The van der Waals surface area contributed by atoms with Crippen molar-refractivity contribution in [2.45, 2.75) is 53.0 Å². The van der Waals surface area contributed by atoms with E-state index in [2.05, 4.69) is 38.0 Å². The quantitative estimate of drug-likeness (QED) is 0.553. The highest BCUT2D eigenvalue weighted by molar-refractivity contribution is 5.78. The van der Waals surface area contributed by atoms with Crippen molar-refractivity contribution in [1.82, 2.24) is 5.32 Å². The number of nitrogens with two attached hydrogens (primary N) is 1. The Morgan fingerprint density at radius 2 is 2.07 bits per heavy atom. The van der Waals surface area contributed by atoms with Gasteiger partial charge in [-0.2, -0.15) is 0 Å². The summed E-state index contributed by atoms with van der Waals surface area (Å²) < 4.78 is 0. The van der Waals surface area contributed by atoms with Crippen LogP contribution in [0.5, 0.6) is 0 Å². The largest absolute Gasteiger partial charge is 0.370 e. The maximum Gasteiger partial charge on any atom is 0.188 e. The van der Waals surface area contributed by atoms with Crippen molar-refractivity contribution in [3.05, 3.63) is 0 Å². The highest BCUT2D eigenvalue weighted by Gasteiger charge is 2.22. The van der Waals surface area contributed by atoms with Gasteiger partial charge in [-0.05, 0) is 30.6 Å². The lowest BCUT2D eigenvalue weighted by Gasteiger charge is -2.29. The number of rotatable bonds is 4. The van der Waals surface area contributed by atoms with E-state index in [4.69, 9.17) is 5.73 Å². The average molecular weight is 211 g/mol. The van der Waals surface area contributed by atoms with Crippen molar-refractivity contribution in [3.63, 3.8) is 0 Å². The van der Waals surface area contributed by atoms with Crippen LogP contribution in [0.3, 0.4) is 0 Å². The number of guanidine groups is 1. The van der Waals surface area contributed by atoms with Crippen LogP contribution in [0.4, 0.5) is 0 Å². The molecular weight excluding hydrogens is 186 g/mol. The van der Waals surface area contributed by atoms with Gasteiger partial charge in [0.25, 0.3) is 0 Å². The molecule has 0 bridgehead atoms. The predicted octanol–water partition coefficient (Wildman–Crippen LogP) is 2.13. The van der Waals surface area contributed by atoms with E-state index < -0.39 is 0 Å². The van der Waals surface area contributed by atoms with Gasteiger partial charge in [0, 0.05) is 12.6 Å². The molecule has 0 aromatic rings. The molecule has 0 unspecified atom stereocenters. The Hall–Kier alpha value is -0.730. The van der Waals surface area contributed by atoms with Gasteiger partial charge in [0.15, 0.2) is 5.96 Å². The van der Waals surface area contributed by atoms with Gasteiger partial charge in [-0.25, -0.2) is 0 Å². The number of aliphatic imine (C=N–C) groups is 1. The molecular formula is C12H25N3. The molecule has 0 saturated heterocycles. The Kier molecular flexibility index (Phi) is 4.00. The van der Waals surface area contributed by atoms with Crippen molar-refractivity contribution in [2.75, 3.05) is 6.54 Å². The molecule has 1 aliphatic carbocycles. The van der Waals surface area contributed by atoms with Crippen LogP contribution in [-0.2, 0) is 0 Å². The van der Waals surface area contributed by atoms with Gasteiger partial charge < -0.3 is 11.1 Å². The zero-order valence-electron chi connectivity index (χ0n) is 10.5. The summed E-state index contributed by atoms with van der Waals surface area (Å²) in [6.45, 7) is 9.72. The van der Waals surface area contributed by atoms with Crippen LogP contribution in [0.15, 0.2) is 4.99 Å². The van der Waals surface area contributed by atoms with Crippen molar-refractivity contribution in [3.8, 4) is 0 Å². The SMILES string of the molecule is CC(C)C(C)(C)CN=C(N)NC1CCC1. The van der Waals surface area contributed by atoms with Crippen molar-refractivity contribution in [2.24, 2.45) is 22.1 Å². The Labute approximate surface area is 93.5 Å². The van der Waals surface area contributed by atoms with Crippen LogP contribution in [0, 0.1) is 11.3 Å². The third-order valence-corrected chi connectivity index (χ3v) is 3.68. The van der Waals surface area contributed by atoms with Gasteiger partial charge in [-0.1, -0.05) is 27.7 Å². The molecule has 0 radical (unpaired) electrons. The maximum absolute atomic E-state index is 5.83. The van der Waals surface area contributed by atoms with E-state index in [9.17, 15) is 0 Å². The fraction of sp³-hybridized carbons (Fsp3) is 0.917. The van der Waals surface area contributed by atoms with Crippen LogP contribution in [0.25, 0.3) is 0 Å². The molecule has 0 aromatic carbocycles. The summed E-state index contributed by atoms with van der Waals surface area (Å²) in [5, 5.41) is 3.26. The molecule has 0 aromatic heterocycles. The van der Waals surface area contributed by atoms with Gasteiger partial charge in [-0.15, -0.1) is 0 Å². The molecule has 3 heteroatoms. The van der Waals surface area contributed by atoms with E-state index in [-0.39, 0.29) is 5.41 Å². The molecule has 0 amide bonds. The molecule has 3 nitrogen and oxygen atoms in total. The smallest absolute Gasteiger partial charge is 0.188 e. The van der Waals surface area contributed by atoms with Crippen molar-refractivity contribution in [1.29, 1.82) is 0 Å². The minimum atomic E-state index is 0.228. The number of hydrogen-bond donors (Lipinski definition) is 2. The molecule has 88 valence electrons. The van der Waals surface area contributed by atoms with Crippen LogP contribution >= 0.6 is 0 Å². The first-order valence-corrected chi connectivity index (χ1v) is 5.98. The molecule has 0 atom stereocenters. The number of nitrogens with one attached hydrogen (secondary N) is 1. The second-order valence-electron chi connectivity index (χ2n) is 5.62. The Balaban J connectivity index is 2.34. The maximum atomic E-state index is 5.83. The standard InChI is InChI=1S/C12H25N3/c1-9(2)12(3,4)8-14-11(13)15-10-6-5-7-10/h9-10H,5-8H2,1-4H3,(H3,13,14,15). The van der Waals surface area contributed by atoms with E-state index in [0.717, 1.165) is 6.54 Å². The molecule has 3 N–H and O–H groups in total. The van der Waals surface area contributed by atoms with E-state index in [0.29, 0.717) is 17.9 Å². The van der Waals surface area contributed by atoms with Gasteiger partial charge in [-0.3, -0.25) is 4.99 Å². The first kappa shape index (κ1) is 12.3. The molecule has 0 aliphatic heterocycles. The third kappa shape index (κ3) is 3.73. The predicted molar refractivity (Wildman–Crippen MR) is 65.9 cm³/mol. The number of nitrogens with zero attached hydrogens (tertiary/aromatic N) is 1. The minimum absolute atomic E-state index is 0.228. The summed E-state index contributed by atoms with van der Waals surface area (Å²) in [6.07, 6.45) is 3.80. The minimum Gasteiger partial charge on any atom is -0.370 e. The number of hydrogen-bond acceptors (Lipinski definition) is 1. The molecule has 1 fully saturated rings. The first-order chi connectivity index (χ1) is 6.92. The summed E-state index contributed by atoms with van der Waals surface area (Å²) in [6, 6.07) is 0.580. The third-order valence-electron chi connectivity index (χ3n) is 3.68. The lowest BCUT2D eigenvalue weighted by molar-refractivity contribution is 0.261. The Bertz CT molecular complexity index is 227. The van der Waals surface area contributed by atoms with Crippen LogP contribution in [-0.4, -0.2) is 18.5 Å². The van der Waals surface area contributed by atoms with Gasteiger partial charge >= 0.3 is 0 Å². The van der Waals surface area contributed by atoms with Gasteiger partial charge in [0.1, 0.15) is 0 Å². The summed E-state index contributed by atoms with van der Waals surface area (Å²) in [4.78, 5) is 4.42. The molecule has 1 aliphatic rings. The zero-order valence-corrected chi connectivity index (χ0v) is 10.5. The normalized spacial score (nSPS) is 19.1. The highest BCUT2D eigenvalue weighted by Crippen LogP contribution is 2.26. The lowest BCUT2D eigenvalue weighted by Crippen LogP contribution is -2.44. The second kappa shape index (κ2) is 4.86. The van der Waals surface area contributed by atoms with E-state index in [1.807, 2.05) is 0 Å². The van der Waals surface area contributed by atoms with Crippen LogP contribution in [0.2, 0.25) is 0 Å². The van der Waals surface area contributed by atoms with Gasteiger partial charge in [0.2, 0.25) is 0 Å². The van der Waals surface area contributed by atoms with Crippen LogP contribution < -0.4 is 11.1 Å². The first-order valence-electron chi connectivity index (χ1n) is 5.98. The second-order valence-corrected chi connectivity index (χ2v) is 5.62. The van der Waals surface area contributed by atoms with Gasteiger partial charge in [0.05, 0.1) is 0 Å². The Morgan fingerprint density at radius 3 is 2.47 bits per heavy atom. The van der Waals surface area contributed by atoms with Crippen molar-refractivity contribution < 1.29 is 0 Å². The molecule has 15 heavy (non-hydrogen) atoms. The van der Waals surface area contributed by atoms with Crippen molar-refractivity contribution >= 4 is 5.96 Å². The topological polar surface area (TPSA) is 50.4 Å². The van der Waals surface area contributed by atoms with E-state index >= 15 is 0 Å². The lowest BCUT2D eigenvalue weighted by atomic mass is 9.81. The van der Waals surface area contributed by atoms with Crippen LogP contribution in [0.1, 0.15) is 47.0 Å². The Morgan fingerprint density at radius 1 is 1.47 bits per heavy atom. The summed E-state index contributed by atoms with van der Waals surface area (Å²) in [5.41, 5.74) is 6.06. The monoisotopic (exact) mass is 211 g/mol. The molecule has 1 saturated carbocycles. The highest BCUT2D eigenvalue weighted by atomic mass is 15.1. The summed E-state index contributed by atoms with van der Waals surface area (Å²) in [7, 11) is 0. The van der Waals surface area contributed by atoms with E-state index in [1.165, 1.54) is 19.3 Å². The molecule has 0 heterocycles. The molecule has 1 rings (SSSR count). The average Bonchev–Trinajstić information content (AvgIpc) is 2.08. The zero-order chi connectivity index (χ0) is 11.5. The summed E-state index contributed by atoms with van der Waals surface area (Å²) in [5.74, 6) is 1.24. The van der Waals surface area contributed by atoms with E-state index in [1.54, 1.807) is 0 Å².